The number of ether oxygens (including phenoxy) is 1. The summed E-state index contributed by atoms with van der Waals surface area (Å²) in [6.45, 7) is 5.48. The highest BCUT2D eigenvalue weighted by Gasteiger charge is 2.73. The number of phenols is 1. The van der Waals surface area contributed by atoms with Gasteiger partial charge in [0, 0.05) is 25.2 Å². The fourth-order valence-corrected chi connectivity index (χ4v) is 7.47. The van der Waals surface area contributed by atoms with Crippen molar-refractivity contribution in [3.63, 3.8) is 0 Å². The van der Waals surface area contributed by atoms with Crippen LogP contribution in [-0.2, 0) is 23.1 Å². The van der Waals surface area contributed by atoms with E-state index >= 15 is 0 Å². The predicted octanol–water partition coefficient (Wildman–Crippen LogP) is 2.80. The van der Waals surface area contributed by atoms with Gasteiger partial charge in [-0.2, -0.15) is 0 Å². The molecule has 2 bridgehead atoms. The topological polar surface area (TPSA) is 73.2 Å². The van der Waals surface area contributed by atoms with Crippen LogP contribution in [0.3, 0.4) is 0 Å². The lowest BCUT2D eigenvalue weighted by Crippen LogP contribution is -2.78. The van der Waals surface area contributed by atoms with Crippen LogP contribution in [0.5, 0.6) is 11.5 Å². The Morgan fingerprint density at radius 3 is 2.82 bits per heavy atom. The van der Waals surface area contributed by atoms with E-state index in [1.54, 1.807) is 6.07 Å². The zero-order valence-corrected chi connectivity index (χ0v) is 19.6. The number of piperidine rings is 1. The third-order valence-electron chi connectivity index (χ3n) is 8.99. The smallest absolute Gasteiger partial charge is 0.227 e. The van der Waals surface area contributed by atoms with E-state index < -0.39 is 17.1 Å². The predicted molar refractivity (Wildman–Crippen MR) is 129 cm³/mol. The van der Waals surface area contributed by atoms with Gasteiger partial charge < -0.3 is 19.8 Å². The molecule has 4 aliphatic rings. The van der Waals surface area contributed by atoms with Gasteiger partial charge in [-0.3, -0.25) is 9.69 Å². The molecule has 2 N–H and O–H groups in total. The van der Waals surface area contributed by atoms with Crippen molar-refractivity contribution < 1.29 is 19.7 Å². The molecule has 2 heterocycles. The lowest BCUT2D eigenvalue weighted by molar-refractivity contribution is -0.198. The minimum absolute atomic E-state index is 0.0403. The normalized spacial score (nSPS) is 33.1. The third kappa shape index (κ3) is 2.72. The van der Waals surface area contributed by atoms with Crippen LogP contribution in [0.15, 0.2) is 55.1 Å². The molecule has 1 spiro atoms. The molecule has 2 aliphatic heterocycles. The maximum absolute atomic E-state index is 13.3. The van der Waals surface area contributed by atoms with E-state index in [1.807, 2.05) is 54.4 Å². The number of hydrogen-bond donors (Lipinski definition) is 2. The Kier molecular flexibility index (Phi) is 4.84. The average Bonchev–Trinajstić information content (AvgIpc) is 3.18. The number of phenolic OH excluding ortho intramolecular Hbond substituents is 1. The maximum Gasteiger partial charge on any atom is 0.227 e. The number of likely N-dealkylation sites (tertiary alicyclic amines) is 1. The van der Waals surface area contributed by atoms with Crippen molar-refractivity contribution >= 4 is 5.91 Å². The van der Waals surface area contributed by atoms with E-state index in [-0.39, 0.29) is 23.7 Å². The molecule has 5 atom stereocenters. The molecule has 1 amide bonds. The molecule has 6 heteroatoms. The highest BCUT2D eigenvalue weighted by atomic mass is 16.5. The summed E-state index contributed by atoms with van der Waals surface area (Å²) in [7, 11) is 1.86. The summed E-state index contributed by atoms with van der Waals surface area (Å²) < 4.78 is 6.56. The van der Waals surface area contributed by atoms with E-state index in [0.717, 1.165) is 42.6 Å². The molecule has 0 aromatic heterocycles. The van der Waals surface area contributed by atoms with Crippen LogP contribution in [-0.4, -0.2) is 69.8 Å². The van der Waals surface area contributed by atoms with Gasteiger partial charge in [0.1, 0.15) is 6.10 Å². The van der Waals surface area contributed by atoms with Gasteiger partial charge in [-0.05, 0) is 49.4 Å². The molecule has 34 heavy (non-hydrogen) atoms. The summed E-state index contributed by atoms with van der Waals surface area (Å²) >= 11 is 0. The molecule has 2 fully saturated rings. The standard InChI is InChI=1S/C28H32N2O4/c1-3-14-30-15-13-27-24-19-9-10-21(31)25(24)34-26(27)20(11-12-28(27,33)22(30)17-19)29(2)23(32)16-18-7-5-4-6-8-18/h3-10,20,22,26,31,33H,1,11-17H2,2H3/t20-,22+,26-,27-,28+/m0/s1. The quantitative estimate of drug-likeness (QED) is 0.672. The van der Waals surface area contributed by atoms with Crippen molar-refractivity contribution in [1.29, 1.82) is 0 Å². The van der Waals surface area contributed by atoms with Gasteiger partial charge in [0.2, 0.25) is 5.91 Å². The van der Waals surface area contributed by atoms with Crippen LogP contribution in [0.25, 0.3) is 0 Å². The van der Waals surface area contributed by atoms with Crippen LogP contribution in [0.1, 0.15) is 36.0 Å². The monoisotopic (exact) mass is 460 g/mol. The zero-order chi connectivity index (χ0) is 23.7. The van der Waals surface area contributed by atoms with Crippen molar-refractivity contribution in [2.45, 2.75) is 61.3 Å². The van der Waals surface area contributed by atoms with Gasteiger partial charge in [-0.1, -0.05) is 42.5 Å². The molecule has 1 saturated heterocycles. The van der Waals surface area contributed by atoms with E-state index in [0.29, 0.717) is 25.0 Å². The first-order valence-electron chi connectivity index (χ1n) is 12.3. The minimum atomic E-state index is -0.981. The Bertz CT molecular complexity index is 1150. The molecular weight excluding hydrogens is 428 g/mol. The lowest BCUT2D eigenvalue weighted by atomic mass is 9.48. The summed E-state index contributed by atoms with van der Waals surface area (Å²) in [5.74, 6) is 0.666. The van der Waals surface area contributed by atoms with Gasteiger partial charge >= 0.3 is 0 Å². The highest BCUT2D eigenvalue weighted by molar-refractivity contribution is 5.79. The fraction of sp³-hybridized carbons (Fsp3) is 0.464. The van der Waals surface area contributed by atoms with Crippen LogP contribution in [0, 0.1) is 0 Å². The maximum atomic E-state index is 13.3. The molecule has 0 radical (unpaired) electrons. The zero-order valence-electron chi connectivity index (χ0n) is 19.6. The van der Waals surface area contributed by atoms with Crippen molar-refractivity contribution in [3.8, 4) is 11.5 Å². The molecule has 2 aliphatic carbocycles. The van der Waals surface area contributed by atoms with Gasteiger partial charge in [0.05, 0.1) is 23.5 Å². The summed E-state index contributed by atoms with van der Waals surface area (Å²) in [4.78, 5) is 17.5. The molecule has 0 unspecified atom stereocenters. The molecule has 1 saturated carbocycles. The van der Waals surface area contributed by atoms with E-state index in [2.05, 4.69) is 11.5 Å². The van der Waals surface area contributed by atoms with E-state index in [1.165, 1.54) is 0 Å². The second kappa shape index (κ2) is 7.59. The number of amides is 1. The van der Waals surface area contributed by atoms with Gasteiger partial charge in [-0.25, -0.2) is 0 Å². The first-order valence-corrected chi connectivity index (χ1v) is 12.3. The fourth-order valence-electron chi connectivity index (χ4n) is 7.47. The first-order chi connectivity index (χ1) is 16.4. The number of aromatic hydroxyl groups is 1. The molecule has 6 rings (SSSR count). The van der Waals surface area contributed by atoms with Gasteiger partial charge in [0.25, 0.3) is 0 Å². The Morgan fingerprint density at radius 2 is 2.06 bits per heavy atom. The van der Waals surface area contributed by atoms with Crippen LogP contribution < -0.4 is 4.74 Å². The Morgan fingerprint density at radius 1 is 1.26 bits per heavy atom. The molecule has 2 aromatic rings. The van der Waals surface area contributed by atoms with E-state index in [9.17, 15) is 15.0 Å². The molecular formula is C28H32N2O4. The lowest BCUT2D eigenvalue weighted by Gasteiger charge is -2.64. The SMILES string of the molecule is C=CCN1CC[C@]23c4c5ccc(O)c4O[C@H]2[C@@H](N(C)C(=O)Cc2ccccc2)CC[C@@]3(O)[C@H]1C5. The Hall–Kier alpha value is -2.83. The number of rotatable bonds is 5. The van der Waals surface area contributed by atoms with Crippen LogP contribution in [0.4, 0.5) is 0 Å². The van der Waals surface area contributed by atoms with Crippen LogP contribution in [0.2, 0.25) is 0 Å². The van der Waals surface area contributed by atoms with Crippen molar-refractivity contribution in [2.24, 2.45) is 0 Å². The summed E-state index contributed by atoms with van der Waals surface area (Å²) in [5, 5.41) is 23.2. The van der Waals surface area contributed by atoms with Gasteiger partial charge in [0.15, 0.2) is 11.5 Å². The largest absolute Gasteiger partial charge is 0.504 e. The summed E-state index contributed by atoms with van der Waals surface area (Å²) in [5.41, 5.74) is 1.48. The Labute approximate surface area is 200 Å². The number of likely N-dealkylation sites (N-methyl/N-ethyl adjacent to an activating group) is 1. The number of hydrogen-bond acceptors (Lipinski definition) is 5. The third-order valence-corrected chi connectivity index (χ3v) is 8.99. The molecule has 2 aromatic carbocycles. The second-order valence-corrected chi connectivity index (χ2v) is 10.4. The second-order valence-electron chi connectivity index (χ2n) is 10.4. The molecule has 6 nitrogen and oxygen atoms in total. The highest BCUT2D eigenvalue weighted by Crippen LogP contribution is 2.65. The summed E-state index contributed by atoms with van der Waals surface area (Å²) in [6, 6.07) is 13.3. The number of benzene rings is 2. The number of aliphatic hydroxyl groups is 1. The first kappa shape index (κ1) is 21.7. The number of nitrogens with zero attached hydrogens (tertiary/aromatic N) is 2. The molecule has 178 valence electrons. The summed E-state index contributed by atoms with van der Waals surface area (Å²) in [6.07, 6.45) is 4.53. The van der Waals surface area contributed by atoms with Crippen molar-refractivity contribution in [2.75, 3.05) is 20.1 Å². The van der Waals surface area contributed by atoms with Crippen molar-refractivity contribution in [1.82, 2.24) is 9.80 Å². The van der Waals surface area contributed by atoms with Crippen molar-refractivity contribution in [3.05, 3.63) is 71.8 Å². The average molecular weight is 461 g/mol. The minimum Gasteiger partial charge on any atom is -0.504 e. The van der Waals surface area contributed by atoms with Gasteiger partial charge in [-0.15, -0.1) is 6.58 Å². The van der Waals surface area contributed by atoms with Crippen LogP contribution >= 0.6 is 0 Å². The number of carbonyl (C=O) groups excluding carboxylic acids is 1. The number of carbonyl (C=O) groups is 1. The Balaban J connectivity index is 1.41. The van der Waals surface area contributed by atoms with E-state index in [4.69, 9.17) is 4.74 Å².